The largest absolute Gasteiger partial charge is 0.0654 e. The molecule has 2 aliphatic rings. The van der Waals surface area contributed by atoms with Crippen LogP contribution in [0.15, 0.2) is 0 Å². The minimum atomic E-state index is 0.542. The maximum absolute atomic E-state index is 2.30. The molecule has 2 fully saturated rings. The third-order valence-electron chi connectivity index (χ3n) is 10.9. The van der Waals surface area contributed by atoms with Crippen LogP contribution in [0, 0.1) is 64.1 Å². The van der Waals surface area contributed by atoms with E-state index in [2.05, 4.69) is 187 Å². The van der Waals surface area contributed by atoms with Crippen LogP contribution in [0.2, 0.25) is 0 Å². The van der Waals surface area contributed by atoms with E-state index < -0.39 is 0 Å². The highest BCUT2D eigenvalue weighted by atomic mass is 14.3. The van der Waals surface area contributed by atoms with Gasteiger partial charge >= 0.3 is 0 Å². The maximum atomic E-state index is 2.30. The van der Waals surface area contributed by atoms with E-state index >= 15 is 0 Å². The Morgan fingerprint density at radius 3 is 0.685 bits per heavy atom. The van der Waals surface area contributed by atoms with E-state index in [0.29, 0.717) is 10.8 Å². The van der Waals surface area contributed by atoms with Crippen molar-refractivity contribution < 1.29 is 0 Å². The Bertz CT molecular complexity index is 537. The summed E-state index contributed by atoms with van der Waals surface area (Å²) in [4.78, 5) is 0. The van der Waals surface area contributed by atoms with Crippen LogP contribution in [0.5, 0.6) is 0 Å². The first kappa shape index (κ1) is 68.7. The van der Waals surface area contributed by atoms with Gasteiger partial charge in [-0.05, 0) is 76.9 Å². The molecule has 0 saturated heterocycles. The zero-order valence-electron chi connectivity index (χ0n) is 44.5. The Hall–Kier alpha value is 0. The summed E-state index contributed by atoms with van der Waals surface area (Å²) in [6.07, 6.45) is 22.2. The Kier molecular flexibility index (Phi) is 60.2. The minimum absolute atomic E-state index is 0.542. The highest BCUT2D eigenvalue weighted by Gasteiger charge is 2.24. The molecule has 2 aliphatic carbocycles. The molecule has 2 rings (SSSR count). The maximum Gasteiger partial charge on any atom is -0.0385 e. The summed E-state index contributed by atoms with van der Waals surface area (Å²) in [6, 6.07) is 0. The van der Waals surface area contributed by atoms with Crippen molar-refractivity contribution in [2.45, 2.75) is 290 Å². The fraction of sp³-hybridized carbons (Fsp3) is 1.00. The molecule has 0 heterocycles. The van der Waals surface area contributed by atoms with E-state index in [9.17, 15) is 0 Å². The first-order valence-corrected chi connectivity index (χ1v) is 24.7. The van der Waals surface area contributed by atoms with Crippen LogP contribution < -0.4 is 0 Å². The molecule has 54 heavy (non-hydrogen) atoms. The van der Waals surface area contributed by atoms with Crippen molar-refractivity contribution >= 4 is 0 Å². The Balaban J connectivity index is -0.0000000920. The molecule has 0 aromatic heterocycles. The monoisotopic (exact) mass is 771 g/mol. The molecule has 2 saturated carbocycles. The SMILES string of the molecule is CC(C)C(C)C.CC(C)C1CC1.CCC(C)(C)C.CCC(C)(C)C.CCC(C)CC.CCC(C)CC.CCCC(C)C.CCCC(C)C.CCCC1CC1. The van der Waals surface area contributed by atoms with Crippen LogP contribution in [0.3, 0.4) is 0 Å². The highest BCUT2D eigenvalue weighted by molar-refractivity contribution is 4.75. The standard InChI is InChI=1S/2C6H12.7C6H14/c1-5(2)6-3-4-6;1-2-3-6-4-5-6;2*1-5-6(2,3)4;1-5(2)6(3)4;2*1-4-5-6(2)3;2*1-4-6(3)5-2/h5-6H,3-4H2,1-2H3;6H,2-5H2,1H3;2*5H2,1-4H3;5-6H,1-4H3;4*6H,4-5H2,1-3H3. The smallest absolute Gasteiger partial charge is 0.0385 e. The Morgan fingerprint density at radius 1 is 0.407 bits per heavy atom. The van der Waals surface area contributed by atoms with Crippen molar-refractivity contribution in [1.82, 2.24) is 0 Å². The normalized spacial score (nSPS) is 13.2. The van der Waals surface area contributed by atoms with Crippen molar-refractivity contribution in [2.24, 2.45) is 64.1 Å². The Labute approximate surface area is 352 Å². The molecule has 0 amide bonds. The van der Waals surface area contributed by atoms with Crippen molar-refractivity contribution in [3.8, 4) is 0 Å². The summed E-state index contributed by atoms with van der Waals surface area (Å²) in [5.74, 6) is 8.58. The summed E-state index contributed by atoms with van der Waals surface area (Å²) in [5.41, 5.74) is 1.08. The molecule has 0 aromatic carbocycles. The summed E-state index contributed by atoms with van der Waals surface area (Å²) < 4.78 is 0. The van der Waals surface area contributed by atoms with Crippen molar-refractivity contribution in [2.75, 3.05) is 0 Å². The van der Waals surface area contributed by atoms with Gasteiger partial charge in [0.25, 0.3) is 0 Å². The second-order valence-corrected chi connectivity index (χ2v) is 21.3. The zero-order chi connectivity index (χ0) is 44.5. The fourth-order valence-electron chi connectivity index (χ4n) is 3.31. The van der Waals surface area contributed by atoms with Crippen LogP contribution in [0.25, 0.3) is 0 Å². The van der Waals surface area contributed by atoms with Gasteiger partial charge in [-0.3, -0.25) is 0 Å². The van der Waals surface area contributed by atoms with Crippen LogP contribution >= 0.6 is 0 Å². The van der Waals surface area contributed by atoms with E-state index in [0.717, 1.165) is 53.3 Å². The molecule has 0 radical (unpaired) electrons. The average Bonchev–Trinajstić information content (AvgIpc) is 4.01. The highest BCUT2D eigenvalue weighted by Crippen LogP contribution is 2.35. The third-order valence-corrected chi connectivity index (χ3v) is 10.9. The van der Waals surface area contributed by atoms with E-state index in [1.807, 2.05) is 0 Å². The molecule has 0 heteroatoms. The number of hydrogen-bond donors (Lipinski definition) is 0. The quantitative estimate of drug-likeness (QED) is 0.185. The minimum Gasteiger partial charge on any atom is -0.0654 e. The fourth-order valence-corrected chi connectivity index (χ4v) is 3.31. The lowest BCUT2D eigenvalue weighted by atomic mass is 9.94. The molecule has 0 unspecified atom stereocenters. The third kappa shape index (κ3) is 98.8. The molecular weight excluding hydrogens is 649 g/mol. The predicted molar refractivity (Wildman–Crippen MR) is 263 cm³/mol. The molecule has 0 N–H and O–H groups in total. The van der Waals surface area contributed by atoms with Gasteiger partial charge < -0.3 is 0 Å². The van der Waals surface area contributed by atoms with Gasteiger partial charge in [-0.25, -0.2) is 0 Å². The van der Waals surface area contributed by atoms with Crippen LogP contribution in [-0.2, 0) is 0 Å². The van der Waals surface area contributed by atoms with E-state index in [-0.39, 0.29) is 0 Å². The number of rotatable bonds is 12. The second kappa shape index (κ2) is 47.4. The molecule has 0 atom stereocenters. The van der Waals surface area contributed by atoms with Crippen molar-refractivity contribution in [1.29, 1.82) is 0 Å². The lowest BCUT2D eigenvalue weighted by Crippen LogP contribution is -2.00. The Morgan fingerprint density at radius 2 is 0.667 bits per heavy atom. The molecule has 338 valence electrons. The lowest BCUT2D eigenvalue weighted by molar-refractivity contribution is 0.397. The molecule has 0 nitrogen and oxygen atoms in total. The van der Waals surface area contributed by atoms with Gasteiger partial charge in [0.15, 0.2) is 0 Å². The van der Waals surface area contributed by atoms with Crippen LogP contribution in [0.4, 0.5) is 0 Å². The van der Waals surface area contributed by atoms with E-state index in [1.165, 1.54) is 103 Å². The summed E-state index contributed by atoms with van der Waals surface area (Å²) in [6.45, 7) is 60.6. The predicted octanol–water partition coefficient (Wildman–Crippen LogP) is 21.2. The number of hydrogen-bond acceptors (Lipinski definition) is 0. The van der Waals surface area contributed by atoms with Gasteiger partial charge in [0.05, 0.1) is 0 Å². The lowest BCUT2D eigenvalue weighted by Gasteiger charge is -2.12. The summed E-state index contributed by atoms with van der Waals surface area (Å²) >= 11 is 0. The van der Waals surface area contributed by atoms with Gasteiger partial charge in [-0.15, -0.1) is 0 Å². The molecular formula is C54H122. The summed E-state index contributed by atoms with van der Waals surface area (Å²) in [7, 11) is 0. The molecule has 0 aromatic rings. The van der Waals surface area contributed by atoms with Gasteiger partial charge in [-0.1, -0.05) is 277 Å². The average molecular weight is 772 g/mol. The van der Waals surface area contributed by atoms with Gasteiger partial charge in [0.2, 0.25) is 0 Å². The van der Waals surface area contributed by atoms with Gasteiger partial charge in [0.1, 0.15) is 0 Å². The molecule has 0 aliphatic heterocycles. The zero-order valence-corrected chi connectivity index (χ0v) is 44.5. The van der Waals surface area contributed by atoms with Gasteiger partial charge in [-0.2, -0.15) is 0 Å². The van der Waals surface area contributed by atoms with Gasteiger partial charge in [0, 0.05) is 0 Å². The summed E-state index contributed by atoms with van der Waals surface area (Å²) in [5, 5.41) is 0. The first-order valence-electron chi connectivity index (χ1n) is 24.7. The van der Waals surface area contributed by atoms with E-state index in [4.69, 9.17) is 0 Å². The molecule has 0 bridgehead atoms. The van der Waals surface area contributed by atoms with E-state index in [1.54, 1.807) is 0 Å². The second-order valence-electron chi connectivity index (χ2n) is 21.3. The first-order chi connectivity index (χ1) is 24.7. The van der Waals surface area contributed by atoms with Crippen molar-refractivity contribution in [3.05, 3.63) is 0 Å². The topological polar surface area (TPSA) is 0 Å². The van der Waals surface area contributed by atoms with Crippen LogP contribution in [-0.4, -0.2) is 0 Å². The van der Waals surface area contributed by atoms with Crippen molar-refractivity contribution in [3.63, 3.8) is 0 Å². The van der Waals surface area contributed by atoms with Crippen LogP contribution in [0.1, 0.15) is 290 Å². The molecule has 0 spiro atoms.